The van der Waals surface area contributed by atoms with Gasteiger partial charge in [0.25, 0.3) is 20.2 Å². The molecule has 0 aromatic heterocycles. The molecule has 0 radical (unpaired) electrons. The third-order valence-electron chi connectivity index (χ3n) is 6.56. The summed E-state index contributed by atoms with van der Waals surface area (Å²) in [6, 6.07) is 11.4. The van der Waals surface area contributed by atoms with Crippen molar-refractivity contribution in [3.05, 3.63) is 47.8 Å². The van der Waals surface area contributed by atoms with E-state index in [9.17, 15) is 26.2 Å². The zero-order valence-corrected chi connectivity index (χ0v) is 23.6. The molecular weight excluding hydrogens is 558 g/mol. The van der Waals surface area contributed by atoms with Gasteiger partial charge in [-0.1, -0.05) is 12.5 Å². The minimum atomic E-state index is -4.46. The number of hydrogen-bond acceptors (Lipinski definition) is 9. The molecule has 0 saturated carbocycles. The highest BCUT2D eigenvalue weighted by Crippen LogP contribution is 2.33. The smallest absolute Gasteiger partial charge is 0.294 e. The Morgan fingerprint density at radius 2 is 1.77 bits per heavy atom. The Morgan fingerprint density at radius 1 is 0.975 bits per heavy atom. The molecule has 2 aliphatic rings. The van der Waals surface area contributed by atoms with E-state index in [0.29, 0.717) is 64.7 Å². The average Bonchev–Trinajstić information content (AvgIpc) is 2.90. The molecule has 13 heteroatoms. The lowest BCUT2D eigenvalue weighted by Gasteiger charge is -2.23. The van der Waals surface area contributed by atoms with Crippen LogP contribution in [0.2, 0.25) is 0 Å². The van der Waals surface area contributed by atoms with Gasteiger partial charge in [-0.05, 0) is 50.5 Å². The van der Waals surface area contributed by atoms with E-state index >= 15 is 0 Å². The highest BCUT2D eigenvalue weighted by atomic mass is 32.2. The molecular formula is C27H31N3O8S2. The second kappa shape index (κ2) is 12.4. The zero-order chi connectivity index (χ0) is 28.9. The molecule has 0 spiro atoms. The SMILES string of the molecule is CCN(CCCS(=O)(=O)O)c1ccc2nc3c4cc(S(=O)(=O)O)ccc4c(=NCCCCCC=O)cc-3oc2c1. The van der Waals surface area contributed by atoms with Crippen molar-refractivity contribution < 1.29 is 35.2 Å². The third-order valence-corrected chi connectivity index (χ3v) is 8.21. The van der Waals surface area contributed by atoms with E-state index in [1.165, 1.54) is 12.1 Å². The molecule has 0 fully saturated rings. The van der Waals surface area contributed by atoms with Gasteiger partial charge in [0, 0.05) is 54.6 Å². The molecule has 0 amide bonds. The molecule has 4 rings (SSSR count). The van der Waals surface area contributed by atoms with Crippen molar-refractivity contribution in [2.75, 3.05) is 30.3 Å². The normalized spacial score (nSPS) is 12.9. The van der Waals surface area contributed by atoms with Gasteiger partial charge in [0.15, 0.2) is 11.3 Å². The lowest BCUT2D eigenvalue weighted by molar-refractivity contribution is -0.107. The summed E-state index contributed by atoms with van der Waals surface area (Å²) in [5, 5.41) is 1.70. The van der Waals surface area contributed by atoms with Crippen LogP contribution in [0, 0.1) is 0 Å². The van der Waals surface area contributed by atoms with E-state index in [4.69, 9.17) is 18.9 Å². The molecule has 1 aliphatic heterocycles. The average molecular weight is 590 g/mol. The summed E-state index contributed by atoms with van der Waals surface area (Å²) in [6.45, 7) is 3.43. The fraction of sp³-hybridized carbons (Fsp3) is 0.370. The van der Waals surface area contributed by atoms with Crippen LogP contribution in [-0.2, 0) is 25.0 Å². The van der Waals surface area contributed by atoms with Crippen molar-refractivity contribution in [3.63, 3.8) is 0 Å². The molecule has 0 saturated heterocycles. The summed E-state index contributed by atoms with van der Waals surface area (Å²) < 4.78 is 70.9. The van der Waals surface area contributed by atoms with Crippen LogP contribution < -0.4 is 10.3 Å². The maximum Gasteiger partial charge on any atom is 0.294 e. The summed E-state index contributed by atoms with van der Waals surface area (Å²) in [5.41, 5.74) is 2.17. The first kappa shape index (κ1) is 29.6. The highest BCUT2D eigenvalue weighted by Gasteiger charge is 2.19. The Kier molecular flexibility index (Phi) is 9.19. The lowest BCUT2D eigenvalue weighted by Crippen LogP contribution is -2.25. The Balaban J connectivity index is 1.80. The van der Waals surface area contributed by atoms with Gasteiger partial charge >= 0.3 is 0 Å². The molecule has 40 heavy (non-hydrogen) atoms. The number of carbonyl (C=O) groups is 1. The van der Waals surface area contributed by atoms with Gasteiger partial charge in [-0.3, -0.25) is 14.1 Å². The molecule has 0 atom stereocenters. The molecule has 214 valence electrons. The van der Waals surface area contributed by atoms with E-state index in [2.05, 4.69) is 0 Å². The number of aromatic nitrogens is 1. The van der Waals surface area contributed by atoms with Crippen LogP contribution in [0.3, 0.4) is 0 Å². The number of hydrogen-bond donors (Lipinski definition) is 2. The summed E-state index contributed by atoms with van der Waals surface area (Å²) in [7, 11) is -8.51. The van der Waals surface area contributed by atoms with E-state index in [1.807, 2.05) is 17.9 Å². The van der Waals surface area contributed by atoms with Crippen LogP contribution in [0.25, 0.3) is 33.3 Å². The number of carbonyl (C=O) groups excluding carboxylic acids is 1. The maximum absolute atomic E-state index is 11.9. The van der Waals surface area contributed by atoms with Crippen molar-refractivity contribution in [2.45, 2.75) is 43.9 Å². The first-order valence-electron chi connectivity index (χ1n) is 12.9. The van der Waals surface area contributed by atoms with Crippen molar-refractivity contribution in [1.82, 2.24) is 4.98 Å². The van der Waals surface area contributed by atoms with E-state index in [1.54, 1.807) is 24.3 Å². The minimum absolute atomic E-state index is 0.250. The summed E-state index contributed by atoms with van der Waals surface area (Å²) >= 11 is 0. The van der Waals surface area contributed by atoms with Gasteiger partial charge in [0.2, 0.25) is 0 Å². The number of nitrogens with zero attached hydrogens (tertiary/aromatic N) is 3. The topological polar surface area (TPSA) is 167 Å². The van der Waals surface area contributed by atoms with Crippen LogP contribution in [0.15, 0.2) is 56.8 Å². The van der Waals surface area contributed by atoms with Crippen molar-refractivity contribution in [3.8, 4) is 11.5 Å². The van der Waals surface area contributed by atoms with Crippen molar-refractivity contribution in [1.29, 1.82) is 0 Å². The predicted octanol–water partition coefficient (Wildman–Crippen LogP) is 4.10. The van der Waals surface area contributed by atoms with E-state index in [-0.39, 0.29) is 17.1 Å². The molecule has 11 nitrogen and oxygen atoms in total. The van der Waals surface area contributed by atoms with Crippen molar-refractivity contribution in [2.24, 2.45) is 4.99 Å². The standard InChI is InChI=1S/C27H31N3O8S2/c1-2-30(13-7-15-39(32,33)34)19-8-11-23-25(16-19)38-26-18-24(28-12-5-3-4-6-14-31)21-10-9-20(40(35,36)37)17-22(21)27(26)29-23/h8-11,14,16-18H,2-7,12-13,15H2,1H3,(H,32,33,34)(H,35,36,37). The molecule has 0 bridgehead atoms. The minimum Gasteiger partial charge on any atom is -0.453 e. The largest absolute Gasteiger partial charge is 0.453 e. The lowest BCUT2D eigenvalue weighted by atomic mass is 10.0. The fourth-order valence-corrected chi connectivity index (χ4v) is 5.57. The van der Waals surface area contributed by atoms with Crippen LogP contribution in [-0.4, -0.2) is 62.6 Å². The quantitative estimate of drug-likeness (QED) is 0.0762. The van der Waals surface area contributed by atoms with Crippen LogP contribution in [0.4, 0.5) is 5.69 Å². The summed E-state index contributed by atoms with van der Waals surface area (Å²) in [4.78, 5) is 21.7. The van der Waals surface area contributed by atoms with Gasteiger partial charge in [0.1, 0.15) is 17.5 Å². The zero-order valence-electron chi connectivity index (χ0n) is 22.0. The van der Waals surface area contributed by atoms with Crippen LogP contribution in [0.5, 0.6) is 0 Å². The highest BCUT2D eigenvalue weighted by molar-refractivity contribution is 7.86. The third kappa shape index (κ3) is 7.22. The summed E-state index contributed by atoms with van der Waals surface area (Å²) in [6.07, 6.45) is 4.06. The second-order valence-electron chi connectivity index (χ2n) is 9.41. The van der Waals surface area contributed by atoms with Crippen LogP contribution >= 0.6 is 0 Å². The molecule has 2 N–H and O–H groups in total. The van der Waals surface area contributed by atoms with Gasteiger partial charge in [-0.2, -0.15) is 16.8 Å². The van der Waals surface area contributed by atoms with Gasteiger partial charge in [0.05, 0.1) is 16.0 Å². The Bertz CT molecular complexity index is 1780. The number of fused-ring (bicyclic) bond motifs is 4. The number of unbranched alkanes of at least 4 members (excludes halogenated alkanes) is 3. The predicted molar refractivity (Wildman–Crippen MR) is 152 cm³/mol. The van der Waals surface area contributed by atoms with Crippen LogP contribution in [0.1, 0.15) is 39.0 Å². The Hall–Kier alpha value is -3.39. The monoisotopic (exact) mass is 589 g/mol. The first-order chi connectivity index (χ1) is 19.0. The number of benzene rings is 3. The molecule has 0 unspecified atom stereocenters. The Labute approximate surface area is 232 Å². The van der Waals surface area contributed by atoms with Gasteiger partial charge < -0.3 is 14.1 Å². The molecule has 2 aromatic carbocycles. The van der Waals surface area contributed by atoms with Gasteiger partial charge in [-0.25, -0.2) is 4.98 Å². The molecule has 2 aromatic rings. The van der Waals surface area contributed by atoms with Gasteiger partial charge in [-0.15, -0.1) is 0 Å². The fourth-order valence-electron chi connectivity index (χ4n) is 4.57. The molecule has 1 heterocycles. The summed E-state index contributed by atoms with van der Waals surface area (Å²) in [5.74, 6) is 0.0362. The van der Waals surface area contributed by atoms with E-state index in [0.717, 1.165) is 31.2 Å². The number of rotatable bonds is 13. The first-order valence-corrected chi connectivity index (χ1v) is 16.0. The Morgan fingerprint density at radius 3 is 2.48 bits per heavy atom. The second-order valence-corrected chi connectivity index (χ2v) is 12.4. The van der Waals surface area contributed by atoms with Crippen molar-refractivity contribution >= 4 is 54.1 Å². The maximum atomic E-state index is 11.9. The van der Waals surface area contributed by atoms with E-state index < -0.39 is 20.2 Å². The number of anilines is 1. The molecule has 1 aliphatic carbocycles. The number of aldehydes is 1.